The molecule has 0 aliphatic carbocycles. The van der Waals surface area contributed by atoms with Crippen LogP contribution in [0, 0.1) is 0 Å². The Morgan fingerprint density at radius 1 is 1.50 bits per heavy atom. The van der Waals surface area contributed by atoms with Crippen molar-refractivity contribution >= 4 is 5.71 Å². The van der Waals surface area contributed by atoms with Gasteiger partial charge in [0.15, 0.2) is 0 Å². The summed E-state index contributed by atoms with van der Waals surface area (Å²) in [5.74, 6) is 0. The van der Waals surface area contributed by atoms with Gasteiger partial charge in [0.2, 0.25) is 0 Å². The molecular weight excluding hydrogens is 100 g/mol. The fraction of sp³-hybridized carbons (Fsp3) is 0.833. The van der Waals surface area contributed by atoms with E-state index in [1.165, 1.54) is 18.6 Å². The van der Waals surface area contributed by atoms with E-state index in [1.54, 1.807) is 0 Å². The molecule has 1 aliphatic heterocycles. The molecule has 46 valence electrons. The standard InChI is InChI=1S/C6H12N2/c7-5-6-3-1-2-4-8-6/h1-5,7H2. The van der Waals surface area contributed by atoms with Crippen molar-refractivity contribution in [3.8, 4) is 0 Å². The van der Waals surface area contributed by atoms with Crippen LogP contribution in [0.3, 0.4) is 0 Å². The highest BCUT2D eigenvalue weighted by Gasteiger charge is 2.00. The molecule has 0 aromatic rings. The first-order chi connectivity index (χ1) is 3.93. The third kappa shape index (κ3) is 1.30. The number of nitrogens with zero attached hydrogens (tertiary/aromatic N) is 1. The molecule has 0 atom stereocenters. The summed E-state index contributed by atoms with van der Waals surface area (Å²) < 4.78 is 0. The van der Waals surface area contributed by atoms with Crippen LogP contribution in [0.15, 0.2) is 4.99 Å². The van der Waals surface area contributed by atoms with E-state index in [0.717, 1.165) is 13.0 Å². The molecule has 0 spiro atoms. The van der Waals surface area contributed by atoms with Crippen LogP contribution >= 0.6 is 0 Å². The Morgan fingerprint density at radius 2 is 2.38 bits per heavy atom. The first kappa shape index (κ1) is 5.76. The lowest BCUT2D eigenvalue weighted by atomic mass is 10.1. The van der Waals surface area contributed by atoms with Gasteiger partial charge in [0.05, 0.1) is 0 Å². The Hall–Kier alpha value is -0.370. The molecule has 0 aromatic heterocycles. The van der Waals surface area contributed by atoms with Gasteiger partial charge in [0.25, 0.3) is 0 Å². The first-order valence-corrected chi connectivity index (χ1v) is 3.16. The Morgan fingerprint density at radius 3 is 2.75 bits per heavy atom. The van der Waals surface area contributed by atoms with E-state index >= 15 is 0 Å². The van der Waals surface area contributed by atoms with E-state index in [9.17, 15) is 0 Å². The Kier molecular flexibility index (Phi) is 2.03. The van der Waals surface area contributed by atoms with Gasteiger partial charge in [-0.05, 0) is 19.3 Å². The second-order valence-corrected chi connectivity index (χ2v) is 2.11. The molecule has 0 unspecified atom stereocenters. The largest absolute Gasteiger partial charge is 0.326 e. The average molecular weight is 112 g/mol. The van der Waals surface area contributed by atoms with Crippen molar-refractivity contribution in [2.24, 2.45) is 10.7 Å². The predicted octanol–water partition coefficient (Wildman–Crippen LogP) is 0.570. The van der Waals surface area contributed by atoms with Gasteiger partial charge < -0.3 is 5.73 Å². The molecule has 0 fully saturated rings. The molecule has 2 heteroatoms. The van der Waals surface area contributed by atoms with Crippen LogP contribution in [0.5, 0.6) is 0 Å². The zero-order valence-electron chi connectivity index (χ0n) is 5.06. The maximum Gasteiger partial charge on any atom is 0.0389 e. The van der Waals surface area contributed by atoms with E-state index < -0.39 is 0 Å². The SMILES string of the molecule is NCC1=NCCCC1. The summed E-state index contributed by atoms with van der Waals surface area (Å²) in [4.78, 5) is 4.24. The molecular formula is C6H12N2. The third-order valence-electron chi connectivity index (χ3n) is 1.44. The van der Waals surface area contributed by atoms with Crippen molar-refractivity contribution in [3.63, 3.8) is 0 Å². The predicted molar refractivity (Wildman–Crippen MR) is 35.2 cm³/mol. The average Bonchev–Trinajstić information content (AvgIpc) is 1.90. The summed E-state index contributed by atoms with van der Waals surface area (Å²) in [6.45, 7) is 1.67. The molecule has 0 saturated carbocycles. The molecule has 2 nitrogen and oxygen atoms in total. The molecule has 8 heavy (non-hydrogen) atoms. The minimum Gasteiger partial charge on any atom is -0.326 e. The van der Waals surface area contributed by atoms with E-state index in [1.807, 2.05) is 0 Å². The Labute approximate surface area is 49.8 Å². The van der Waals surface area contributed by atoms with Gasteiger partial charge in [-0.1, -0.05) is 0 Å². The van der Waals surface area contributed by atoms with Crippen molar-refractivity contribution < 1.29 is 0 Å². The second-order valence-electron chi connectivity index (χ2n) is 2.11. The molecule has 2 N–H and O–H groups in total. The van der Waals surface area contributed by atoms with Crippen LogP contribution in [-0.2, 0) is 0 Å². The molecule has 0 saturated heterocycles. The zero-order chi connectivity index (χ0) is 5.82. The fourth-order valence-corrected chi connectivity index (χ4v) is 0.924. The zero-order valence-corrected chi connectivity index (χ0v) is 5.06. The van der Waals surface area contributed by atoms with Crippen molar-refractivity contribution in [3.05, 3.63) is 0 Å². The summed E-state index contributed by atoms with van der Waals surface area (Å²) >= 11 is 0. The highest BCUT2D eigenvalue weighted by Crippen LogP contribution is 2.03. The van der Waals surface area contributed by atoms with Crippen molar-refractivity contribution in [1.29, 1.82) is 0 Å². The molecule has 1 rings (SSSR count). The Balaban J connectivity index is 2.37. The summed E-state index contributed by atoms with van der Waals surface area (Å²) in [5.41, 5.74) is 6.58. The van der Waals surface area contributed by atoms with Gasteiger partial charge in [-0.3, -0.25) is 4.99 Å². The van der Waals surface area contributed by atoms with Crippen molar-refractivity contribution in [2.75, 3.05) is 13.1 Å². The van der Waals surface area contributed by atoms with Crippen LogP contribution in [0.25, 0.3) is 0 Å². The van der Waals surface area contributed by atoms with Crippen molar-refractivity contribution in [1.82, 2.24) is 0 Å². The molecule has 1 aliphatic rings. The lowest BCUT2D eigenvalue weighted by molar-refractivity contribution is 0.731. The molecule has 0 amide bonds. The summed E-state index contributed by atoms with van der Waals surface area (Å²) in [7, 11) is 0. The summed E-state index contributed by atoms with van der Waals surface area (Å²) in [5, 5.41) is 0. The minimum atomic E-state index is 0.667. The first-order valence-electron chi connectivity index (χ1n) is 3.16. The van der Waals surface area contributed by atoms with Gasteiger partial charge in [-0.25, -0.2) is 0 Å². The maximum atomic E-state index is 5.37. The molecule has 0 bridgehead atoms. The Bertz CT molecular complexity index is 96.7. The third-order valence-corrected chi connectivity index (χ3v) is 1.44. The fourth-order valence-electron chi connectivity index (χ4n) is 0.924. The van der Waals surface area contributed by atoms with Crippen LogP contribution in [0.2, 0.25) is 0 Å². The molecule has 1 heterocycles. The van der Waals surface area contributed by atoms with Crippen molar-refractivity contribution in [2.45, 2.75) is 19.3 Å². The van der Waals surface area contributed by atoms with E-state index in [-0.39, 0.29) is 0 Å². The quantitative estimate of drug-likeness (QED) is 0.529. The summed E-state index contributed by atoms with van der Waals surface area (Å²) in [6, 6.07) is 0. The van der Waals surface area contributed by atoms with E-state index in [0.29, 0.717) is 6.54 Å². The molecule has 0 aromatic carbocycles. The number of rotatable bonds is 1. The summed E-state index contributed by atoms with van der Waals surface area (Å²) in [6.07, 6.45) is 3.68. The lowest BCUT2D eigenvalue weighted by Crippen LogP contribution is -2.16. The number of hydrogen-bond donors (Lipinski definition) is 1. The van der Waals surface area contributed by atoms with E-state index in [4.69, 9.17) is 5.73 Å². The monoisotopic (exact) mass is 112 g/mol. The number of hydrogen-bond acceptors (Lipinski definition) is 2. The minimum absolute atomic E-state index is 0.667. The van der Waals surface area contributed by atoms with E-state index in [2.05, 4.69) is 4.99 Å². The van der Waals surface area contributed by atoms with Crippen LogP contribution < -0.4 is 5.73 Å². The smallest absolute Gasteiger partial charge is 0.0389 e. The topological polar surface area (TPSA) is 38.4 Å². The van der Waals surface area contributed by atoms with Gasteiger partial charge in [-0.15, -0.1) is 0 Å². The van der Waals surface area contributed by atoms with Gasteiger partial charge in [0, 0.05) is 18.8 Å². The normalized spacial score (nSPS) is 20.4. The second kappa shape index (κ2) is 2.82. The lowest BCUT2D eigenvalue weighted by Gasteiger charge is -2.07. The highest BCUT2D eigenvalue weighted by molar-refractivity contribution is 5.86. The van der Waals surface area contributed by atoms with Crippen LogP contribution in [-0.4, -0.2) is 18.8 Å². The van der Waals surface area contributed by atoms with Gasteiger partial charge in [-0.2, -0.15) is 0 Å². The molecule has 0 radical (unpaired) electrons. The van der Waals surface area contributed by atoms with Crippen LogP contribution in [0.4, 0.5) is 0 Å². The number of nitrogens with two attached hydrogens (primary N) is 1. The highest BCUT2D eigenvalue weighted by atomic mass is 14.8. The van der Waals surface area contributed by atoms with Crippen LogP contribution in [0.1, 0.15) is 19.3 Å². The van der Waals surface area contributed by atoms with Gasteiger partial charge in [0.1, 0.15) is 0 Å². The number of aliphatic imine (C=N–C) groups is 1. The van der Waals surface area contributed by atoms with Gasteiger partial charge >= 0.3 is 0 Å². The maximum absolute atomic E-state index is 5.37.